The molecule has 4 aliphatic rings. The zero-order valence-corrected chi connectivity index (χ0v) is 18.6. The molecule has 172 valence electrons. The Morgan fingerprint density at radius 1 is 0.967 bits per heavy atom. The third kappa shape index (κ3) is 3.25. The van der Waals surface area contributed by atoms with E-state index in [9.17, 15) is 25.2 Å². The average molecular weight is 425 g/mol. The lowest BCUT2D eigenvalue weighted by Gasteiger charge is -2.64. The Morgan fingerprint density at radius 2 is 1.63 bits per heavy atom. The monoisotopic (exact) mass is 424 g/mol. The molecule has 0 aromatic carbocycles. The lowest BCUT2D eigenvalue weighted by Crippen LogP contribution is -2.63. The number of aliphatic carboxylic acids is 1. The lowest BCUT2D eigenvalue weighted by atomic mass is 9.43. The highest BCUT2D eigenvalue weighted by Crippen LogP contribution is 2.68. The second-order valence-corrected chi connectivity index (χ2v) is 11.6. The van der Waals surface area contributed by atoms with Crippen molar-refractivity contribution in [3.8, 4) is 0 Å². The number of rotatable bonds is 4. The van der Waals surface area contributed by atoms with Crippen molar-refractivity contribution in [3.63, 3.8) is 0 Å². The first-order valence-electron chi connectivity index (χ1n) is 11.9. The van der Waals surface area contributed by atoms with E-state index in [1.807, 2.05) is 0 Å². The average Bonchev–Trinajstić information content (AvgIpc) is 3.02. The molecule has 6 nitrogen and oxygen atoms in total. The van der Waals surface area contributed by atoms with Crippen LogP contribution >= 0.6 is 0 Å². The van der Waals surface area contributed by atoms with Crippen LogP contribution < -0.4 is 0 Å². The van der Waals surface area contributed by atoms with Crippen molar-refractivity contribution in [2.75, 3.05) is 0 Å². The summed E-state index contributed by atoms with van der Waals surface area (Å²) in [5.41, 5.74) is -0.492. The van der Waals surface area contributed by atoms with Gasteiger partial charge < -0.3 is 25.5 Å². The first-order chi connectivity index (χ1) is 14.0. The molecule has 0 aromatic rings. The molecular weight excluding hydrogens is 384 g/mol. The van der Waals surface area contributed by atoms with E-state index in [1.54, 1.807) is 0 Å². The number of carboxylic acid groups (broad SMARTS) is 1. The van der Waals surface area contributed by atoms with Gasteiger partial charge in [-0.25, -0.2) is 0 Å². The number of aliphatic hydroxyl groups excluding tert-OH is 4. The Balaban J connectivity index is 1.62. The number of hydrogen-bond acceptors (Lipinski definition) is 5. The topological polar surface area (TPSA) is 118 Å². The van der Waals surface area contributed by atoms with Gasteiger partial charge in [-0.1, -0.05) is 20.8 Å². The van der Waals surface area contributed by atoms with E-state index in [-0.39, 0.29) is 52.8 Å². The Kier molecular flexibility index (Phi) is 5.79. The molecule has 4 rings (SSSR count). The Hall–Kier alpha value is -0.690. The van der Waals surface area contributed by atoms with E-state index in [1.165, 1.54) is 0 Å². The van der Waals surface area contributed by atoms with Gasteiger partial charge in [-0.3, -0.25) is 4.79 Å². The Morgan fingerprint density at radius 3 is 2.30 bits per heavy atom. The highest BCUT2D eigenvalue weighted by Gasteiger charge is 2.66. The van der Waals surface area contributed by atoms with E-state index < -0.39 is 30.4 Å². The van der Waals surface area contributed by atoms with Gasteiger partial charge in [0.15, 0.2) is 0 Å². The van der Waals surface area contributed by atoms with Gasteiger partial charge in [-0.05, 0) is 91.3 Å². The van der Waals surface area contributed by atoms with Crippen LogP contribution in [0.1, 0.15) is 72.1 Å². The number of carbonyl (C=O) groups is 1. The summed E-state index contributed by atoms with van der Waals surface area (Å²) in [6.45, 7) is 6.50. The maximum absolute atomic E-state index is 11.5. The van der Waals surface area contributed by atoms with Crippen LogP contribution in [0.5, 0.6) is 0 Å². The molecule has 30 heavy (non-hydrogen) atoms. The fraction of sp³-hybridized carbons (Fsp3) is 0.958. The van der Waals surface area contributed by atoms with E-state index in [4.69, 9.17) is 5.11 Å². The smallest absolute Gasteiger partial charge is 0.303 e. The van der Waals surface area contributed by atoms with E-state index in [2.05, 4.69) is 20.8 Å². The minimum absolute atomic E-state index is 0.0961. The molecule has 0 heterocycles. The summed E-state index contributed by atoms with van der Waals surface area (Å²) in [4.78, 5) is 11.1. The minimum atomic E-state index is -0.773. The van der Waals surface area contributed by atoms with Crippen molar-refractivity contribution in [1.82, 2.24) is 0 Å². The zero-order chi connectivity index (χ0) is 22.0. The summed E-state index contributed by atoms with van der Waals surface area (Å²) in [5.74, 6) is 0.307. The molecule has 4 unspecified atom stereocenters. The van der Waals surface area contributed by atoms with Gasteiger partial charge in [0, 0.05) is 6.42 Å². The molecule has 0 spiro atoms. The van der Waals surface area contributed by atoms with E-state index >= 15 is 0 Å². The number of carboxylic acids is 1. The van der Waals surface area contributed by atoms with Crippen molar-refractivity contribution in [1.29, 1.82) is 0 Å². The molecule has 5 N–H and O–H groups in total. The molecule has 12 atom stereocenters. The number of aliphatic hydroxyl groups is 4. The molecule has 4 fully saturated rings. The lowest BCUT2D eigenvalue weighted by molar-refractivity contribution is -0.219. The number of hydrogen-bond donors (Lipinski definition) is 5. The fourth-order valence-corrected chi connectivity index (χ4v) is 8.72. The van der Waals surface area contributed by atoms with Gasteiger partial charge in [0.1, 0.15) is 0 Å². The zero-order valence-electron chi connectivity index (χ0n) is 18.6. The third-order valence-electron chi connectivity index (χ3n) is 10.4. The molecule has 4 aliphatic carbocycles. The van der Waals surface area contributed by atoms with Gasteiger partial charge in [0.25, 0.3) is 0 Å². The van der Waals surface area contributed by atoms with E-state index in [0.29, 0.717) is 32.1 Å². The minimum Gasteiger partial charge on any atom is -0.481 e. The van der Waals surface area contributed by atoms with Gasteiger partial charge in [-0.2, -0.15) is 0 Å². The normalized spacial score (nSPS) is 54.0. The molecule has 0 bridgehead atoms. The molecular formula is C24H40O6. The van der Waals surface area contributed by atoms with Crippen molar-refractivity contribution in [2.24, 2.45) is 46.3 Å². The van der Waals surface area contributed by atoms with Crippen LogP contribution in [0.3, 0.4) is 0 Å². The van der Waals surface area contributed by atoms with Gasteiger partial charge in [0.05, 0.1) is 24.4 Å². The summed E-state index contributed by atoms with van der Waals surface area (Å²) in [7, 11) is 0. The summed E-state index contributed by atoms with van der Waals surface area (Å²) in [6.07, 6.45) is 2.63. The summed E-state index contributed by atoms with van der Waals surface area (Å²) in [5, 5.41) is 52.5. The van der Waals surface area contributed by atoms with Crippen LogP contribution in [0, 0.1) is 46.3 Å². The van der Waals surface area contributed by atoms with Gasteiger partial charge in [0.2, 0.25) is 0 Å². The summed E-state index contributed by atoms with van der Waals surface area (Å²) in [6, 6.07) is 0. The first kappa shape index (κ1) is 22.5. The molecule has 0 amide bonds. The van der Waals surface area contributed by atoms with Crippen molar-refractivity contribution >= 4 is 5.97 Å². The molecule has 4 saturated carbocycles. The highest BCUT2D eigenvalue weighted by molar-refractivity contribution is 5.66. The number of fused-ring (bicyclic) bond motifs is 5. The quantitative estimate of drug-likeness (QED) is 0.473. The van der Waals surface area contributed by atoms with Crippen LogP contribution in [-0.4, -0.2) is 55.9 Å². The molecule has 6 heteroatoms. The molecule has 0 saturated heterocycles. The highest BCUT2D eigenvalue weighted by atomic mass is 16.4. The van der Waals surface area contributed by atoms with Crippen LogP contribution in [-0.2, 0) is 4.79 Å². The predicted molar refractivity (Wildman–Crippen MR) is 111 cm³/mol. The second kappa shape index (κ2) is 7.72. The molecule has 0 radical (unpaired) electrons. The fourth-order valence-electron chi connectivity index (χ4n) is 8.72. The first-order valence-corrected chi connectivity index (χ1v) is 11.9. The largest absolute Gasteiger partial charge is 0.481 e. The standard InChI is InChI=1S/C24H40O6/c1-12(4-7-21(29)30)14-5-6-15-22-16(10-20(28)24(14,15)3)23(2)11-19(27)17(25)8-13(23)9-18(22)26/h12-20,22,25-28H,4-11H2,1-3H3,(H,29,30)/t12-,13-,14?,15?,16?,17-,18+,19-,20-,22?,23-,24+/m0/s1. The molecule has 0 aromatic heterocycles. The van der Waals surface area contributed by atoms with Crippen LogP contribution in [0.2, 0.25) is 0 Å². The third-order valence-corrected chi connectivity index (χ3v) is 10.4. The van der Waals surface area contributed by atoms with Crippen LogP contribution in [0.25, 0.3) is 0 Å². The maximum Gasteiger partial charge on any atom is 0.303 e. The van der Waals surface area contributed by atoms with Crippen LogP contribution in [0.4, 0.5) is 0 Å². The van der Waals surface area contributed by atoms with Crippen LogP contribution in [0.15, 0.2) is 0 Å². The maximum atomic E-state index is 11.5. The van der Waals surface area contributed by atoms with Gasteiger partial charge in [-0.15, -0.1) is 0 Å². The Labute approximate surface area is 179 Å². The predicted octanol–water partition coefficient (Wildman–Crippen LogP) is 2.42. The van der Waals surface area contributed by atoms with Crippen molar-refractivity contribution in [2.45, 2.75) is 96.6 Å². The van der Waals surface area contributed by atoms with E-state index in [0.717, 1.165) is 12.8 Å². The summed E-state index contributed by atoms with van der Waals surface area (Å²) >= 11 is 0. The van der Waals surface area contributed by atoms with Crippen molar-refractivity contribution < 1.29 is 30.3 Å². The Bertz CT molecular complexity index is 668. The van der Waals surface area contributed by atoms with Crippen molar-refractivity contribution in [3.05, 3.63) is 0 Å². The van der Waals surface area contributed by atoms with Gasteiger partial charge >= 0.3 is 5.97 Å². The summed E-state index contributed by atoms with van der Waals surface area (Å²) < 4.78 is 0. The second-order valence-electron chi connectivity index (χ2n) is 11.6. The molecule has 0 aliphatic heterocycles. The SMILES string of the molecule is C[C@@H](CCC(=O)O)C1CCC2C3C(C[C@H](O)[C@@]21C)[C@@]1(C)C[C@H](O)[C@@H](O)C[C@H]1C[C@H]3O.